The van der Waals surface area contributed by atoms with Gasteiger partial charge in [0.15, 0.2) is 0 Å². The number of aromatic nitrogens is 2. The van der Waals surface area contributed by atoms with Crippen LogP contribution in [0.3, 0.4) is 0 Å². The number of benzene rings is 3. The number of hydrogen-bond acceptors (Lipinski definition) is 2. The number of hydrogen-bond donors (Lipinski definition) is 1. The van der Waals surface area contributed by atoms with Gasteiger partial charge in [0, 0.05) is 17.4 Å². The van der Waals surface area contributed by atoms with Crippen LogP contribution in [0.2, 0.25) is 0 Å². The van der Waals surface area contributed by atoms with Gasteiger partial charge in [0.25, 0.3) is 0 Å². The minimum atomic E-state index is -4.67. The normalized spacial score (nSPS) is 12.7. The van der Waals surface area contributed by atoms with Crippen molar-refractivity contribution in [3.8, 4) is 28.2 Å². The molecule has 0 atom stereocenters. The summed E-state index contributed by atoms with van der Waals surface area (Å²) in [5, 5.41) is 10.5. The fourth-order valence-electron chi connectivity index (χ4n) is 3.79. The molecule has 3 aromatic carbocycles. The lowest BCUT2D eigenvalue weighted by Crippen LogP contribution is -2.15. The molecule has 0 unspecified atom stereocenters. The number of imidazole rings is 1. The lowest BCUT2D eigenvalue weighted by atomic mass is 9.99. The Labute approximate surface area is 197 Å². The summed E-state index contributed by atoms with van der Waals surface area (Å²) in [4.78, 5) is 4.29. The molecule has 0 amide bonds. The second-order valence-electron chi connectivity index (χ2n) is 8.52. The molecule has 1 aromatic heterocycles. The van der Waals surface area contributed by atoms with Crippen molar-refractivity contribution in [3.63, 3.8) is 0 Å². The molecular formula is C26H20F6N2O. The average Bonchev–Trinajstić information content (AvgIpc) is 3.24. The van der Waals surface area contributed by atoms with E-state index in [1.807, 2.05) is 0 Å². The number of nitrogens with zero attached hydrogens (tertiary/aromatic N) is 2. The first-order chi connectivity index (χ1) is 16.3. The van der Waals surface area contributed by atoms with Gasteiger partial charge in [0.2, 0.25) is 0 Å². The Hall–Kier alpha value is -3.59. The largest absolute Gasteiger partial charge is 0.417 e. The predicted octanol–water partition coefficient (Wildman–Crippen LogP) is 7.47. The molecule has 1 N–H and O–H groups in total. The predicted molar refractivity (Wildman–Crippen MR) is 120 cm³/mol. The molecule has 0 bridgehead atoms. The molecule has 1 heterocycles. The standard InChI is InChI=1S/C26H20F6N2O/c1-24(2,35)22-15-34(23(33-22)19-11-4-6-13-21(19)26(30,31)32)17-9-7-8-16(14-17)18-10-3-5-12-20(18)25(27,28)29/h3-15,35H,1-2H3. The Kier molecular flexibility index (Phi) is 6.00. The molecule has 0 spiro atoms. The van der Waals surface area contributed by atoms with Crippen LogP contribution in [0.15, 0.2) is 79.0 Å². The van der Waals surface area contributed by atoms with Crippen LogP contribution in [0.5, 0.6) is 0 Å². The van der Waals surface area contributed by atoms with Gasteiger partial charge in [0.1, 0.15) is 11.4 Å². The third-order valence-corrected chi connectivity index (χ3v) is 5.47. The number of rotatable bonds is 4. The summed E-state index contributed by atoms with van der Waals surface area (Å²) >= 11 is 0. The fraction of sp³-hybridized carbons (Fsp3) is 0.192. The average molecular weight is 490 g/mol. The molecule has 4 rings (SSSR count). The third kappa shape index (κ3) is 4.95. The third-order valence-electron chi connectivity index (χ3n) is 5.47. The van der Waals surface area contributed by atoms with Gasteiger partial charge < -0.3 is 5.11 Å². The summed E-state index contributed by atoms with van der Waals surface area (Å²) in [6.45, 7) is 2.88. The van der Waals surface area contributed by atoms with Crippen molar-refractivity contribution >= 4 is 0 Å². The van der Waals surface area contributed by atoms with E-state index in [1.54, 1.807) is 6.07 Å². The summed E-state index contributed by atoms with van der Waals surface area (Å²) in [6, 6.07) is 15.9. The van der Waals surface area contributed by atoms with Crippen molar-refractivity contribution in [3.05, 3.63) is 95.8 Å². The molecule has 35 heavy (non-hydrogen) atoms. The lowest BCUT2D eigenvalue weighted by Gasteiger charge is -2.16. The van der Waals surface area contributed by atoms with Crippen molar-refractivity contribution in [1.82, 2.24) is 9.55 Å². The van der Waals surface area contributed by atoms with Crippen molar-refractivity contribution in [2.24, 2.45) is 0 Å². The first-order valence-corrected chi connectivity index (χ1v) is 10.5. The summed E-state index contributed by atoms with van der Waals surface area (Å²) < 4.78 is 83.4. The van der Waals surface area contributed by atoms with E-state index >= 15 is 0 Å². The summed E-state index contributed by atoms with van der Waals surface area (Å²) in [5.74, 6) is -0.101. The zero-order chi connectivity index (χ0) is 25.6. The molecule has 0 saturated carbocycles. The Balaban J connectivity index is 1.95. The van der Waals surface area contributed by atoms with E-state index in [0.29, 0.717) is 0 Å². The molecule has 182 valence electrons. The zero-order valence-electron chi connectivity index (χ0n) is 18.6. The topological polar surface area (TPSA) is 38.0 Å². The molecular weight excluding hydrogens is 470 g/mol. The Bertz CT molecular complexity index is 1360. The quantitative estimate of drug-likeness (QED) is 0.301. The van der Waals surface area contributed by atoms with Gasteiger partial charge >= 0.3 is 12.4 Å². The van der Waals surface area contributed by atoms with Crippen LogP contribution in [-0.2, 0) is 18.0 Å². The van der Waals surface area contributed by atoms with Crippen LogP contribution >= 0.6 is 0 Å². The molecule has 0 aliphatic carbocycles. The molecule has 4 aromatic rings. The van der Waals surface area contributed by atoms with Crippen molar-refractivity contribution < 1.29 is 31.4 Å². The van der Waals surface area contributed by atoms with Gasteiger partial charge in [0.05, 0.1) is 16.8 Å². The van der Waals surface area contributed by atoms with Crippen LogP contribution in [0, 0.1) is 0 Å². The number of alkyl halides is 6. The first-order valence-electron chi connectivity index (χ1n) is 10.5. The van der Waals surface area contributed by atoms with E-state index in [1.165, 1.54) is 79.2 Å². The highest BCUT2D eigenvalue weighted by Gasteiger charge is 2.36. The Morgan fingerprint density at radius 2 is 1.26 bits per heavy atom. The summed E-state index contributed by atoms with van der Waals surface area (Å²) in [5.41, 5.74) is -2.91. The maximum absolute atomic E-state index is 13.8. The highest BCUT2D eigenvalue weighted by atomic mass is 19.4. The van der Waals surface area contributed by atoms with Crippen LogP contribution in [0.4, 0.5) is 26.3 Å². The van der Waals surface area contributed by atoms with Crippen LogP contribution in [0.25, 0.3) is 28.2 Å². The number of aliphatic hydroxyl groups is 1. The van der Waals surface area contributed by atoms with Gasteiger partial charge in [-0.25, -0.2) is 4.98 Å². The van der Waals surface area contributed by atoms with Gasteiger partial charge in [-0.15, -0.1) is 0 Å². The summed E-state index contributed by atoms with van der Waals surface area (Å²) in [7, 11) is 0. The maximum atomic E-state index is 13.8. The van der Waals surface area contributed by atoms with E-state index in [2.05, 4.69) is 4.98 Å². The second-order valence-corrected chi connectivity index (χ2v) is 8.52. The van der Waals surface area contributed by atoms with Crippen LogP contribution in [-0.4, -0.2) is 14.7 Å². The minimum Gasteiger partial charge on any atom is -0.384 e. The molecule has 9 heteroatoms. The second kappa shape index (κ2) is 8.57. The van der Waals surface area contributed by atoms with Gasteiger partial charge in [-0.2, -0.15) is 26.3 Å². The van der Waals surface area contributed by atoms with Gasteiger partial charge in [-0.05, 0) is 49.2 Å². The molecule has 0 aliphatic rings. The molecule has 3 nitrogen and oxygen atoms in total. The lowest BCUT2D eigenvalue weighted by molar-refractivity contribution is -0.137. The highest BCUT2D eigenvalue weighted by Crippen LogP contribution is 2.40. The van der Waals surface area contributed by atoms with Gasteiger partial charge in [-0.3, -0.25) is 4.57 Å². The Morgan fingerprint density at radius 1 is 0.714 bits per heavy atom. The van der Waals surface area contributed by atoms with Crippen molar-refractivity contribution in [1.29, 1.82) is 0 Å². The Morgan fingerprint density at radius 3 is 1.83 bits per heavy atom. The van der Waals surface area contributed by atoms with E-state index in [-0.39, 0.29) is 33.9 Å². The fourth-order valence-corrected chi connectivity index (χ4v) is 3.79. The number of halogens is 6. The van der Waals surface area contributed by atoms with Crippen LogP contribution in [0.1, 0.15) is 30.7 Å². The SMILES string of the molecule is CC(C)(O)c1cn(-c2cccc(-c3ccccc3C(F)(F)F)c2)c(-c2ccccc2C(F)(F)F)n1. The smallest absolute Gasteiger partial charge is 0.384 e. The zero-order valence-corrected chi connectivity index (χ0v) is 18.6. The van der Waals surface area contributed by atoms with E-state index in [9.17, 15) is 31.4 Å². The van der Waals surface area contributed by atoms with E-state index in [0.717, 1.165) is 12.1 Å². The monoisotopic (exact) mass is 490 g/mol. The maximum Gasteiger partial charge on any atom is 0.417 e. The molecule has 0 radical (unpaired) electrons. The van der Waals surface area contributed by atoms with Crippen LogP contribution < -0.4 is 0 Å². The highest BCUT2D eigenvalue weighted by molar-refractivity contribution is 5.71. The molecule has 0 aliphatic heterocycles. The summed E-state index contributed by atoms with van der Waals surface area (Å²) in [6.07, 6.45) is -7.88. The minimum absolute atomic E-state index is 0.0677. The molecule has 0 fully saturated rings. The van der Waals surface area contributed by atoms with E-state index in [4.69, 9.17) is 0 Å². The van der Waals surface area contributed by atoms with Crippen molar-refractivity contribution in [2.45, 2.75) is 31.8 Å². The first kappa shape index (κ1) is 24.5. The van der Waals surface area contributed by atoms with Crippen molar-refractivity contribution in [2.75, 3.05) is 0 Å². The van der Waals surface area contributed by atoms with E-state index < -0.39 is 29.1 Å². The van der Waals surface area contributed by atoms with Gasteiger partial charge in [-0.1, -0.05) is 48.5 Å². The molecule has 0 saturated heterocycles.